The van der Waals surface area contributed by atoms with Crippen molar-refractivity contribution in [3.05, 3.63) is 28.3 Å². The molecule has 0 unspecified atom stereocenters. The highest BCUT2D eigenvalue weighted by molar-refractivity contribution is 6.33. The summed E-state index contributed by atoms with van der Waals surface area (Å²) in [5.74, 6) is -2.67. The average molecular weight is 225 g/mol. The molecule has 16 heavy (non-hydrogen) atoms. The van der Waals surface area contributed by atoms with E-state index in [1.54, 1.807) is 0 Å². The molecule has 0 spiro atoms. The largest absolute Gasteiger partial charge is 0.502 e. The van der Waals surface area contributed by atoms with Gasteiger partial charge in [0.1, 0.15) is 5.75 Å². The number of phenols is 1. The number of nitro groups is 1. The number of benzene rings is 1. The molecule has 1 N–H and O–H groups in total. The van der Waals surface area contributed by atoms with Crippen molar-refractivity contribution in [1.82, 2.24) is 0 Å². The molecule has 0 amide bonds. The minimum atomic E-state index is -1.13. The standard InChI is InChI=1S/C9H7NO6/c1-5(11)9(13)16-6-2-3-8(12)7(4-6)10(14)15/h2-4,12H,1H3. The van der Waals surface area contributed by atoms with Gasteiger partial charge < -0.3 is 9.84 Å². The Bertz CT molecular complexity index is 467. The molecule has 1 rings (SSSR count). The molecule has 0 fully saturated rings. The highest BCUT2D eigenvalue weighted by Crippen LogP contribution is 2.29. The molecule has 1 aromatic carbocycles. The molecule has 0 aromatic heterocycles. The van der Waals surface area contributed by atoms with Crippen LogP contribution < -0.4 is 4.74 Å². The number of carbonyl (C=O) groups is 2. The molecule has 0 atom stereocenters. The van der Waals surface area contributed by atoms with E-state index in [0.717, 1.165) is 25.1 Å². The van der Waals surface area contributed by atoms with Gasteiger partial charge in [0.15, 0.2) is 5.75 Å². The smallest absolute Gasteiger partial charge is 0.379 e. The van der Waals surface area contributed by atoms with Crippen molar-refractivity contribution in [2.45, 2.75) is 6.92 Å². The normalized spacial score (nSPS) is 9.56. The van der Waals surface area contributed by atoms with Crippen molar-refractivity contribution in [1.29, 1.82) is 0 Å². The number of carbonyl (C=O) groups excluding carboxylic acids is 2. The maximum absolute atomic E-state index is 10.9. The van der Waals surface area contributed by atoms with Crippen molar-refractivity contribution in [2.75, 3.05) is 0 Å². The Balaban J connectivity index is 3.00. The van der Waals surface area contributed by atoms with E-state index >= 15 is 0 Å². The van der Waals surface area contributed by atoms with Crippen LogP contribution in [-0.2, 0) is 9.59 Å². The molecule has 1 aromatic rings. The summed E-state index contributed by atoms with van der Waals surface area (Å²) in [6, 6.07) is 3.00. The molecule has 0 radical (unpaired) electrons. The van der Waals surface area contributed by atoms with E-state index in [2.05, 4.69) is 4.74 Å². The number of aromatic hydroxyl groups is 1. The van der Waals surface area contributed by atoms with Crippen molar-refractivity contribution < 1.29 is 24.4 Å². The minimum absolute atomic E-state index is 0.176. The molecule has 0 aliphatic carbocycles. The van der Waals surface area contributed by atoms with Gasteiger partial charge in [0.2, 0.25) is 5.78 Å². The fraction of sp³-hybridized carbons (Fsp3) is 0.111. The molecule has 84 valence electrons. The van der Waals surface area contributed by atoms with Crippen LogP contribution in [0, 0.1) is 10.1 Å². The van der Waals surface area contributed by atoms with Crippen LogP contribution in [-0.4, -0.2) is 21.8 Å². The average Bonchev–Trinajstić information content (AvgIpc) is 2.20. The first kappa shape index (κ1) is 11.6. The van der Waals surface area contributed by atoms with Gasteiger partial charge in [-0.05, 0) is 12.1 Å². The summed E-state index contributed by atoms with van der Waals surface area (Å²) < 4.78 is 4.52. The first-order valence-electron chi connectivity index (χ1n) is 4.12. The van der Waals surface area contributed by atoms with Crippen LogP contribution >= 0.6 is 0 Å². The van der Waals surface area contributed by atoms with Gasteiger partial charge in [0.05, 0.1) is 11.0 Å². The maximum Gasteiger partial charge on any atom is 0.379 e. The van der Waals surface area contributed by atoms with Gasteiger partial charge in [-0.1, -0.05) is 0 Å². The lowest BCUT2D eigenvalue weighted by Gasteiger charge is -2.02. The van der Waals surface area contributed by atoms with Crippen LogP contribution in [0.15, 0.2) is 18.2 Å². The SMILES string of the molecule is CC(=O)C(=O)Oc1ccc(O)c([N+](=O)[O-])c1. The lowest BCUT2D eigenvalue weighted by molar-refractivity contribution is -0.385. The summed E-state index contributed by atoms with van der Waals surface area (Å²) in [5, 5.41) is 19.5. The Hall–Kier alpha value is -2.44. The van der Waals surface area contributed by atoms with Crippen molar-refractivity contribution in [3.8, 4) is 11.5 Å². The fourth-order valence-electron chi connectivity index (χ4n) is 0.892. The summed E-state index contributed by atoms with van der Waals surface area (Å²) in [6.45, 7) is 1.01. The van der Waals surface area contributed by atoms with Crippen LogP contribution in [0.2, 0.25) is 0 Å². The van der Waals surface area contributed by atoms with Crippen LogP contribution in [0.3, 0.4) is 0 Å². The molecule has 7 nitrogen and oxygen atoms in total. The van der Waals surface area contributed by atoms with E-state index in [9.17, 15) is 19.7 Å². The molecule has 0 aliphatic rings. The summed E-state index contributed by atoms with van der Waals surface area (Å²) in [6.07, 6.45) is 0. The minimum Gasteiger partial charge on any atom is -0.502 e. The lowest BCUT2D eigenvalue weighted by Crippen LogP contribution is -2.16. The van der Waals surface area contributed by atoms with Gasteiger partial charge in [-0.25, -0.2) is 4.79 Å². The van der Waals surface area contributed by atoms with Gasteiger partial charge in [-0.15, -0.1) is 0 Å². The first-order valence-corrected chi connectivity index (χ1v) is 4.12. The van der Waals surface area contributed by atoms with Gasteiger partial charge in [-0.2, -0.15) is 0 Å². The zero-order valence-electron chi connectivity index (χ0n) is 8.17. The van der Waals surface area contributed by atoms with Gasteiger partial charge >= 0.3 is 11.7 Å². The van der Waals surface area contributed by atoms with Gasteiger partial charge in [-0.3, -0.25) is 14.9 Å². The monoisotopic (exact) mass is 225 g/mol. The Morgan fingerprint density at radius 1 is 1.44 bits per heavy atom. The number of esters is 1. The van der Waals surface area contributed by atoms with Crippen LogP contribution in [0.5, 0.6) is 11.5 Å². The third-order valence-corrected chi connectivity index (χ3v) is 1.64. The van der Waals surface area contributed by atoms with E-state index < -0.39 is 28.1 Å². The number of ketones is 1. The summed E-state index contributed by atoms with van der Waals surface area (Å²) >= 11 is 0. The Labute approximate surface area is 89.4 Å². The first-order chi connectivity index (χ1) is 7.41. The molecule has 0 saturated carbocycles. The highest BCUT2D eigenvalue weighted by atomic mass is 16.6. The molecule has 0 bridgehead atoms. The molecule has 0 heterocycles. The van der Waals surface area contributed by atoms with Crippen LogP contribution in [0.25, 0.3) is 0 Å². The van der Waals surface area contributed by atoms with E-state index in [4.69, 9.17) is 5.11 Å². The van der Waals surface area contributed by atoms with Gasteiger partial charge in [0, 0.05) is 6.92 Å². The number of hydrogen-bond acceptors (Lipinski definition) is 6. The topological polar surface area (TPSA) is 107 Å². The second kappa shape index (κ2) is 4.39. The van der Waals surface area contributed by atoms with Gasteiger partial charge in [0.25, 0.3) is 0 Å². The third kappa shape index (κ3) is 2.53. The number of nitrogens with zero attached hydrogens (tertiary/aromatic N) is 1. The van der Waals surface area contributed by atoms with Crippen molar-refractivity contribution in [3.63, 3.8) is 0 Å². The molecule has 0 aliphatic heterocycles. The third-order valence-electron chi connectivity index (χ3n) is 1.64. The number of nitro benzene ring substituents is 1. The van der Waals surface area contributed by atoms with E-state index in [0.29, 0.717) is 0 Å². The Kier molecular flexibility index (Phi) is 3.19. The number of rotatable bonds is 3. The Morgan fingerprint density at radius 3 is 2.56 bits per heavy atom. The number of ether oxygens (including phenoxy) is 1. The molecular formula is C9H7NO6. The molecule has 7 heteroatoms. The predicted molar refractivity (Wildman–Crippen MR) is 51.1 cm³/mol. The lowest BCUT2D eigenvalue weighted by atomic mass is 10.3. The van der Waals surface area contributed by atoms with Crippen molar-refractivity contribution >= 4 is 17.4 Å². The summed E-state index contributed by atoms with van der Waals surface area (Å²) in [7, 11) is 0. The predicted octanol–water partition coefficient (Wildman–Crippen LogP) is 0.795. The molecule has 0 saturated heterocycles. The number of phenolic OH excluding ortho intramolecular Hbond substituents is 1. The van der Waals surface area contributed by atoms with E-state index in [1.807, 2.05) is 0 Å². The highest BCUT2D eigenvalue weighted by Gasteiger charge is 2.17. The number of hydrogen-bond donors (Lipinski definition) is 1. The fourth-order valence-corrected chi connectivity index (χ4v) is 0.892. The zero-order valence-corrected chi connectivity index (χ0v) is 8.17. The van der Waals surface area contributed by atoms with Crippen molar-refractivity contribution in [2.24, 2.45) is 0 Å². The van der Waals surface area contributed by atoms with E-state index in [-0.39, 0.29) is 5.75 Å². The second-order valence-corrected chi connectivity index (χ2v) is 2.85. The maximum atomic E-state index is 10.9. The Morgan fingerprint density at radius 2 is 2.06 bits per heavy atom. The van der Waals surface area contributed by atoms with E-state index in [1.165, 1.54) is 0 Å². The van der Waals surface area contributed by atoms with Crippen LogP contribution in [0.1, 0.15) is 6.92 Å². The van der Waals surface area contributed by atoms with Crippen LogP contribution in [0.4, 0.5) is 5.69 Å². The summed E-state index contributed by atoms with van der Waals surface area (Å²) in [5.41, 5.74) is -0.603. The summed E-state index contributed by atoms with van der Waals surface area (Å²) in [4.78, 5) is 31.0. The second-order valence-electron chi connectivity index (χ2n) is 2.85. The molecular weight excluding hydrogens is 218 g/mol. The number of Topliss-reactive ketones (excluding diaryl/α,β-unsaturated/α-hetero) is 1. The zero-order chi connectivity index (χ0) is 12.3. The quantitative estimate of drug-likeness (QED) is 0.268.